The van der Waals surface area contributed by atoms with Crippen molar-refractivity contribution in [1.82, 2.24) is 5.43 Å². The first-order chi connectivity index (χ1) is 5.70. The molecule has 4 nitrogen and oxygen atoms in total. The van der Waals surface area contributed by atoms with Crippen LogP contribution < -0.4 is 11.2 Å². The second-order valence-corrected chi connectivity index (χ2v) is 2.69. The van der Waals surface area contributed by atoms with E-state index in [2.05, 4.69) is 10.5 Å². The van der Waals surface area contributed by atoms with Crippen LogP contribution in [0.5, 0.6) is 0 Å². The molecular weight excluding hydrogens is 154 g/mol. The summed E-state index contributed by atoms with van der Waals surface area (Å²) in [6.45, 7) is 4.20. The van der Waals surface area contributed by atoms with Crippen molar-refractivity contribution in [1.29, 1.82) is 0 Å². The van der Waals surface area contributed by atoms with Crippen LogP contribution in [-0.4, -0.2) is 18.2 Å². The van der Waals surface area contributed by atoms with Gasteiger partial charge in [-0.3, -0.25) is 4.79 Å². The topological polar surface area (TPSA) is 67.5 Å². The van der Waals surface area contributed by atoms with Crippen LogP contribution in [0, 0.1) is 0 Å². The molecular formula is C8H17N3O. The van der Waals surface area contributed by atoms with Gasteiger partial charge in [-0.15, -0.1) is 0 Å². The highest BCUT2D eigenvalue weighted by atomic mass is 16.2. The van der Waals surface area contributed by atoms with E-state index in [0.29, 0.717) is 13.0 Å². The van der Waals surface area contributed by atoms with Crippen LogP contribution in [-0.2, 0) is 4.79 Å². The van der Waals surface area contributed by atoms with Crippen LogP contribution in [0.3, 0.4) is 0 Å². The molecule has 4 heteroatoms. The first-order valence-corrected chi connectivity index (χ1v) is 4.22. The molecule has 3 N–H and O–H groups in total. The minimum absolute atomic E-state index is 0.0374. The number of hydrogen-bond acceptors (Lipinski definition) is 3. The van der Waals surface area contributed by atoms with Gasteiger partial charge in [0.15, 0.2) is 0 Å². The number of carbonyl (C=O) groups excluding carboxylic acids is 1. The second-order valence-electron chi connectivity index (χ2n) is 2.69. The molecule has 0 aliphatic carbocycles. The molecule has 0 aromatic heterocycles. The maximum Gasteiger partial charge on any atom is 0.240 e. The maximum atomic E-state index is 11.0. The molecule has 1 amide bonds. The average Bonchev–Trinajstić information content (AvgIpc) is 2.10. The molecule has 0 saturated carbocycles. The SMILES string of the molecule is CCCCC(=O)NN=C(C)CN. The Morgan fingerprint density at radius 3 is 2.75 bits per heavy atom. The van der Waals surface area contributed by atoms with Crippen molar-refractivity contribution in [3.63, 3.8) is 0 Å². The lowest BCUT2D eigenvalue weighted by Gasteiger charge is -1.99. The first kappa shape index (κ1) is 11.1. The fraction of sp³-hybridized carbons (Fsp3) is 0.750. The third-order valence-corrected chi connectivity index (χ3v) is 1.42. The summed E-state index contributed by atoms with van der Waals surface area (Å²) in [5.74, 6) is -0.0374. The van der Waals surface area contributed by atoms with E-state index < -0.39 is 0 Å². The summed E-state index contributed by atoms with van der Waals surface area (Å²) in [7, 11) is 0. The molecule has 0 aliphatic rings. The quantitative estimate of drug-likeness (QED) is 0.470. The van der Waals surface area contributed by atoms with Gasteiger partial charge < -0.3 is 5.73 Å². The number of rotatable bonds is 5. The van der Waals surface area contributed by atoms with Crippen molar-refractivity contribution in [3.05, 3.63) is 0 Å². The van der Waals surface area contributed by atoms with Crippen LogP contribution in [0.2, 0.25) is 0 Å². The molecule has 12 heavy (non-hydrogen) atoms. The number of unbranched alkanes of at least 4 members (excludes halogenated alkanes) is 1. The van der Waals surface area contributed by atoms with Crippen molar-refractivity contribution in [2.75, 3.05) is 6.54 Å². The third kappa shape index (κ3) is 5.85. The number of hydrogen-bond donors (Lipinski definition) is 2. The van der Waals surface area contributed by atoms with Crippen LogP contribution in [0.4, 0.5) is 0 Å². The van der Waals surface area contributed by atoms with E-state index in [0.717, 1.165) is 18.6 Å². The van der Waals surface area contributed by atoms with Gasteiger partial charge in [0.25, 0.3) is 0 Å². The highest BCUT2D eigenvalue weighted by Crippen LogP contribution is 1.92. The van der Waals surface area contributed by atoms with Crippen molar-refractivity contribution < 1.29 is 4.79 Å². The predicted octanol–water partition coefficient (Wildman–Crippen LogP) is 0.627. The predicted molar refractivity (Wildman–Crippen MR) is 49.8 cm³/mol. The third-order valence-electron chi connectivity index (χ3n) is 1.42. The van der Waals surface area contributed by atoms with Gasteiger partial charge in [0.1, 0.15) is 0 Å². The summed E-state index contributed by atoms with van der Waals surface area (Å²) in [5, 5.41) is 3.79. The zero-order valence-corrected chi connectivity index (χ0v) is 7.76. The van der Waals surface area contributed by atoms with Gasteiger partial charge in [0, 0.05) is 18.7 Å². The Hall–Kier alpha value is -0.900. The van der Waals surface area contributed by atoms with Crippen molar-refractivity contribution in [2.24, 2.45) is 10.8 Å². The lowest BCUT2D eigenvalue weighted by atomic mass is 10.2. The van der Waals surface area contributed by atoms with Gasteiger partial charge in [0.05, 0.1) is 0 Å². The lowest BCUT2D eigenvalue weighted by Crippen LogP contribution is -2.21. The van der Waals surface area contributed by atoms with E-state index >= 15 is 0 Å². The minimum Gasteiger partial charge on any atom is -0.325 e. The van der Waals surface area contributed by atoms with Crippen LogP contribution >= 0.6 is 0 Å². The van der Waals surface area contributed by atoms with Gasteiger partial charge in [0.2, 0.25) is 5.91 Å². The maximum absolute atomic E-state index is 11.0. The molecule has 70 valence electrons. The Morgan fingerprint density at radius 2 is 2.25 bits per heavy atom. The molecule has 0 atom stereocenters. The number of carbonyl (C=O) groups is 1. The summed E-state index contributed by atoms with van der Waals surface area (Å²) in [6, 6.07) is 0. The van der Waals surface area contributed by atoms with E-state index in [1.807, 2.05) is 6.92 Å². The Morgan fingerprint density at radius 1 is 1.58 bits per heavy atom. The molecule has 0 fully saturated rings. The summed E-state index contributed by atoms with van der Waals surface area (Å²) in [6.07, 6.45) is 2.47. The molecule has 0 aromatic rings. The van der Waals surface area contributed by atoms with Gasteiger partial charge in [-0.2, -0.15) is 5.10 Å². The number of nitrogens with zero attached hydrogens (tertiary/aromatic N) is 1. The summed E-state index contributed by atoms with van der Waals surface area (Å²) >= 11 is 0. The molecule has 0 bridgehead atoms. The van der Waals surface area contributed by atoms with E-state index in [-0.39, 0.29) is 5.91 Å². The average molecular weight is 171 g/mol. The van der Waals surface area contributed by atoms with E-state index in [1.54, 1.807) is 6.92 Å². The summed E-state index contributed by atoms with van der Waals surface area (Å²) in [5.41, 5.74) is 8.45. The Kier molecular flexibility index (Phi) is 6.28. The second kappa shape index (κ2) is 6.79. The Bertz CT molecular complexity index is 166. The van der Waals surface area contributed by atoms with Gasteiger partial charge in [-0.05, 0) is 13.3 Å². The molecule has 0 rings (SSSR count). The van der Waals surface area contributed by atoms with E-state index in [9.17, 15) is 4.79 Å². The van der Waals surface area contributed by atoms with Crippen molar-refractivity contribution in [2.45, 2.75) is 33.1 Å². The fourth-order valence-corrected chi connectivity index (χ4v) is 0.597. The molecule has 0 radical (unpaired) electrons. The Labute approximate surface area is 73.2 Å². The first-order valence-electron chi connectivity index (χ1n) is 4.22. The fourth-order valence-electron chi connectivity index (χ4n) is 0.597. The van der Waals surface area contributed by atoms with Crippen molar-refractivity contribution >= 4 is 11.6 Å². The standard InChI is InChI=1S/C8H17N3O/c1-3-4-5-8(12)11-10-7(2)6-9/h3-6,9H2,1-2H3,(H,11,12). The van der Waals surface area contributed by atoms with Gasteiger partial charge >= 0.3 is 0 Å². The van der Waals surface area contributed by atoms with Crippen LogP contribution in [0.25, 0.3) is 0 Å². The number of nitrogens with two attached hydrogens (primary N) is 1. The van der Waals surface area contributed by atoms with Crippen LogP contribution in [0.15, 0.2) is 5.10 Å². The van der Waals surface area contributed by atoms with E-state index in [4.69, 9.17) is 5.73 Å². The largest absolute Gasteiger partial charge is 0.325 e. The molecule has 0 heterocycles. The summed E-state index contributed by atoms with van der Waals surface area (Å²) < 4.78 is 0. The lowest BCUT2D eigenvalue weighted by molar-refractivity contribution is -0.121. The molecule has 0 aromatic carbocycles. The Balaban J connectivity index is 3.56. The summed E-state index contributed by atoms with van der Waals surface area (Å²) in [4.78, 5) is 11.0. The van der Waals surface area contributed by atoms with E-state index in [1.165, 1.54) is 0 Å². The highest BCUT2D eigenvalue weighted by Gasteiger charge is 1.97. The number of amides is 1. The molecule has 0 unspecified atom stereocenters. The molecule has 0 saturated heterocycles. The normalized spacial score (nSPS) is 11.4. The zero-order valence-electron chi connectivity index (χ0n) is 7.76. The molecule has 0 spiro atoms. The zero-order chi connectivity index (χ0) is 9.40. The highest BCUT2D eigenvalue weighted by molar-refractivity contribution is 5.85. The monoisotopic (exact) mass is 171 g/mol. The minimum atomic E-state index is -0.0374. The number of nitrogens with one attached hydrogen (secondary N) is 1. The van der Waals surface area contributed by atoms with Crippen molar-refractivity contribution in [3.8, 4) is 0 Å². The number of hydrazone groups is 1. The van der Waals surface area contributed by atoms with Crippen LogP contribution in [0.1, 0.15) is 33.1 Å². The smallest absolute Gasteiger partial charge is 0.240 e. The molecule has 0 aliphatic heterocycles. The van der Waals surface area contributed by atoms with Gasteiger partial charge in [-0.1, -0.05) is 13.3 Å². The van der Waals surface area contributed by atoms with Gasteiger partial charge in [-0.25, -0.2) is 5.43 Å².